The summed E-state index contributed by atoms with van der Waals surface area (Å²) in [5.41, 5.74) is -1.42. The van der Waals surface area contributed by atoms with Gasteiger partial charge in [0.15, 0.2) is 0 Å². The van der Waals surface area contributed by atoms with Crippen LogP contribution in [-0.4, -0.2) is 45.5 Å². The van der Waals surface area contributed by atoms with E-state index in [1.54, 1.807) is 4.90 Å². The fraction of sp³-hybridized carbons (Fsp3) is 0.913. The molecular formula is C23H41NO5. The molecule has 0 bridgehead atoms. The predicted octanol–water partition coefficient (Wildman–Crippen LogP) is 5.44. The molecule has 3 atom stereocenters. The van der Waals surface area contributed by atoms with Gasteiger partial charge in [-0.2, -0.15) is 0 Å². The van der Waals surface area contributed by atoms with Crippen LogP contribution in [0.15, 0.2) is 0 Å². The maximum Gasteiger partial charge on any atom is 0.412 e. The van der Waals surface area contributed by atoms with E-state index >= 15 is 0 Å². The lowest BCUT2D eigenvalue weighted by Crippen LogP contribution is -2.51. The molecule has 2 aliphatic rings. The van der Waals surface area contributed by atoms with Gasteiger partial charge in [0.05, 0.1) is 18.1 Å². The number of carbonyl (C=O) groups excluding carboxylic acids is 1. The largest absolute Gasteiger partial charge is 0.481 e. The Morgan fingerprint density at radius 3 is 2.24 bits per heavy atom. The molecular weight excluding hydrogens is 370 g/mol. The van der Waals surface area contributed by atoms with Crippen molar-refractivity contribution in [1.29, 1.82) is 0 Å². The van der Waals surface area contributed by atoms with Gasteiger partial charge >= 0.3 is 12.1 Å². The number of hydrogen-bond acceptors (Lipinski definition) is 4. The lowest BCUT2D eigenvalue weighted by molar-refractivity contribution is -0.146. The third-order valence-electron chi connectivity index (χ3n) is 6.28. The first-order valence-corrected chi connectivity index (χ1v) is 11.2. The molecule has 6 heteroatoms. The minimum absolute atomic E-state index is 0.00474. The second-order valence-corrected chi connectivity index (χ2v) is 10.7. The number of nitrogens with zero attached hydrogens (tertiary/aromatic N) is 1. The summed E-state index contributed by atoms with van der Waals surface area (Å²) >= 11 is 0. The standard InChI is InChI=1S/C23H41NO5/c1-15(2)17(20(25)26)14-19-18(13-16-11-9-8-10-12-16)24(23(6,7)28-19)21(27)29-22(3,4)5/h15-19H,8-14H2,1-7H3,(H,25,26). The van der Waals surface area contributed by atoms with Crippen molar-refractivity contribution < 1.29 is 24.2 Å². The Kier molecular flexibility index (Phi) is 7.63. The first kappa shape index (κ1) is 24.0. The molecule has 1 amide bonds. The number of rotatable bonds is 6. The van der Waals surface area contributed by atoms with Crippen LogP contribution < -0.4 is 0 Å². The van der Waals surface area contributed by atoms with Crippen LogP contribution >= 0.6 is 0 Å². The highest BCUT2D eigenvalue weighted by Crippen LogP contribution is 2.41. The molecule has 0 radical (unpaired) electrons. The SMILES string of the molecule is CC(C)C(CC1OC(C)(C)N(C(=O)OC(C)(C)C)C1CC1CCCCC1)C(=O)O. The summed E-state index contributed by atoms with van der Waals surface area (Å²) in [4.78, 5) is 26.7. The minimum atomic E-state index is -0.827. The van der Waals surface area contributed by atoms with Gasteiger partial charge in [-0.25, -0.2) is 4.79 Å². The Bertz CT molecular complexity index is 574. The van der Waals surface area contributed by atoms with E-state index in [-0.39, 0.29) is 24.2 Å². The molecule has 168 valence electrons. The smallest absolute Gasteiger partial charge is 0.412 e. The average Bonchev–Trinajstić information content (AvgIpc) is 2.81. The number of carbonyl (C=O) groups is 2. The van der Waals surface area contributed by atoms with E-state index in [9.17, 15) is 14.7 Å². The third-order valence-corrected chi connectivity index (χ3v) is 6.28. The second kappa shape index (κ2) is 9.23. The molecule has 0 aromatic heterocycles. The van der Waals surface area contributed by atoms with Crippen molar-refractivity contribution >= 4 is 12.1 Å². The number of amides is 1. The van der Waals surface area contributed by atoms with Crippen LogP contribution in [0, 0.1) is 17.8 Å². The molecule has 2 fully saturated rings. The van der Waals surface area contributed by atoms with E-state index in [0.717, 1.165) is 6.42 Å². The van der Waals surface area contributed by atoms with Crippen molar-refractivity contribution in [2.45, 2.75) is 117 Å². The average molecular weight is 412 g/mol. The number of carboxylic acid groups (broad SMARTS) is 1. The van der Waals surface area contributed by atoms with Crippen LogP contribution in [0.2, 0.25) is 0 Å². The summed E-state index contributed by atoms with van der Waals surface area (Å²) in [6.45, 7) is 13.2. The van der Waals surface area contributed by atoms with Gasteiger partial charge in [0.1, 0.15) is 11.3 Å². The second-order valence-electron chi connectivity index (χ2n) is 10.7. The lowest BCUT2D eigenvalue weighted by Gasteiger charge is -2.37. The molecule has 1 aliphatic heterocycles. The molecule has 2 rings (SSSR count). The summed E-state index contributed by atoms with van der Waals surface area (Å²) in [6.07, 6.45) is 6.63. The van der Waals surface area contributed by atoms with Gasteiger partial charge in [-0.1, -0.05) is 46.0 Å². The van der Waals surface area contributed by atoms with Crippen LogP contribution in [0.5, 0.6) is 0 Å². The van der Waals surface area contributed by atoms with Crippen LogP contribution in [0.3, 0.4) is 0 Å². The summed E-state index contributed by atoms with van der Waals surface area (Å²) < 4.78 is 12.1. The Labute approximate surface area is 176 Å². The molecule has 1 heterocycles. The number of carboxylic acids is 1. The molecule has 1 aliphatic carbocycles. The van der Waals surface area contributed by atoms with Crippen LogP contribution in [-0.2, 0) is 14.3 Å². The van der Waals surface area contributed by atoms with Gasteiger partial charge in [-0.3, -0.25) is 9.69 Å². The maximum atomic E-state index is 13.1. The third kappa shape index (κ3) is 6.34. The molecule has 0 spiro atoms. The van der Waals surface area contributed by atoms with E-state index in [2.05, 4.69) is 0 Å². The van der Waals surface area contributed by atoms with E-state index in [1.807, 2.05) is 48.5 Å². The van der Waals surface area contributed by atoms with Crippen molar-refractivity contribution in [1.82, 2.24) is 4.90 Å². The van der Waals surface area contributed by atoms with E-state index in [4.69, 9.17) is 9.47 Å². The zero-order valence-corrected chi connectivity index (χ0v) is 19.4. The van der Waals surface area contributed by atoms with Gasteiger partial charge in [-0.15, -0.1) is 0 Å². The molecule has 3 unspecified atom stereocenters. The fourth-order valence-electron chi connectivity index (χ4n) is 4.87. The summed E-state index contributed by atoms with van der Waals surface area (Å²) in [6, 6.07) is -0.163. The first-order valence-electron chi connectivity index (χ1n) is 11.2. The molecule has 1 saturated carbocycles. The molecule has 1 N–H and O–H groups in total. The zero-order valence-electron chi connectivity index (χ0n) is 19.4. The maximum absolute atomic E-state index is 13.1. The summed E-state index contributed by atoms with van der Waals surface area (Å²) in [5, 5.41) is 9.71. The molecule has 1 saturated heterocycles. The Balaban J connectivity index is 2.30. The normalized spacial score (nSPS) is 26.6. The van der Waals surface area contributed by atoms with Crippen LogP contribution in [0.25, 0.3) is 0 Å². The zero-order chi connectivity index (χ0) is 22.0. The highest BCUT2D eigenvalue weighted by molar-refractivity contribution is 5.71. The van der Waals surface area contributed by atoms with Gasteiger partial charge < -0.3 is 14.6 Å². The van der Waals surface area contributed by atoms with Crippen molar-refractivity contribution in [3.05, 3.63) is 0 Å². The highest BCUT2D eigenvalue weighted by atomic mass is 16.6. The van der Waals surface area contributed by atoms with Gasteiger partial charge in [0.2, 0.25) is 0 Å². The quantitative estimate of drug-likeness (QED) is 0.629. The van der Waals surface area contributed by atoms with E-state index < -0.39 is 23.2 Å². The van der Waals surface area contributed by atoms with E-state index in [1.165, 1.54) is 32.1 Å². The lowest BCUT2D eigenvalue weighted by atomic mass is 9.81. The molecule has 6 nitrogen and oxygen atoms in total. The number of hydrogen-bond donors (Lipinski definition) is 1. The Morgan fingerprint density at radius 2 is 1.76 bits per heavy atom. The number of ether oxygens (including phenoxy) is 2. The first-order chi connectivity index (χ1) is 13.3. The van der Waals surface area contributed by atoms with Gasteiger partial charge in [0.25, 0.3) is 0 Å². The van der Waals surface area contributed by atoms with Gasteiger partial charge in [-0.05, 0) is 59.3 Å². The summed E-state index contributed by atoms with van der Waals surface area (Å²) in [5.74, 6) is -0.747. The fourth-order valence-corrected chi connectivity index (χ4v) is 4.87. The summed E-state index contributed by atoms with van der Waals surface area (Å²) in [7, 11) is 0. The number of aliphatic carboxylic acids is 1. The molecule has 0 aromatic carbocycles. The van der Waals surface area contributed by atoms with Crippen molar-refractivity contribution in [2.24, 2.45) is 17.8 Å². The van der Waals surface area contributed by atoms with E-state index in [0.29, 0.717) is 12.3 Å². The van der Waals surface area contributed by atoms with Crippen molar-refractivity contribution in [3.63, 3.8) is 0 Å². The van der Waals surface area contributed by atoms with Crippen LogP contribution in [0.4, 0.5) is 4.79 Å². The van der Waals surface area contributed by atoms with Crippen LogP contribution in [0.1, 0.15) is 93.4 Å². The monoisotopic (exact) mass is 411 g/mol. The van der Waals surface area contributed by atoms with Crippen molar-refractivity contribution in [3.8, 4) is 0 Å². The molecule has 29 heavy (non-hydrogen) atoms. The van der Waals surface area contributed by atoms with Gasteiger partial charge in [0, 0.05) is 0 Å². The Hall–Kier alpha value is -1.30. The highest BCUT2D eigenvalue weighted by Gasteiger charge is 2.52. The molecule has 0 aromatic rings. The van der Waals surface area contributed by atoms with Crippen molar-refractivity contribution in [2.75, 3.05) is 0 Å². The topological polar surface area (TPSA) is 76.1 Å². The minimum Gasteiger partial charge on any atom is -0.481 e. The Morgan fingerprint density at radius 1 is 1.17 bits per heavy atom. The predicted molar refractivity (Wildman–Crippen MR) is 113 cm³/mol.